The van der Waals surface area contributed by atoms with Gasteiger partial charge < -0.3 is 14.8 Å². The minimum absolute atomic E-state index is 0.136. The number of nitrogens with one attached hydrogen (secondary N) is 1. The molecule has 0 atom stereocenters. The monoisotopic (exact) mass is 327 g/mol. The molecule has 2 aromatic carbocycles. The number of ketones is 1. The molecule has 0 saturated carbocycles. The van der Waals surface area contributed by atoms with E-state index in [9.17, 15) is 9.59 Å². The summed E-state index contributed by atoms with van der Waals surface area (Å²) >= 11 is 0. The van der Waals surface area contributed by atoms with Crippen molar-refractivity contribution in [2.75, 3.05) is 19.0 Å². The minimum Gasteiger partial charge on any atom is -0.497 e. The van der Waals surface area contributed by atoms with Gasteiger partial charge in [0.25, 0.3) is 5.91 Å². The average molecular weight is 327 g/mol. The van der Waals surface area contributed by atoms with Gasteiger partial charge in [0.1, 0.15) is 11.5 Å². The predicted molar refractivity (Wildman–Crippen MR) is 93.0 cm³/mol. The van der Waals surface area contributed by atoms with E-state index < -0.39 is 0 Å². The van der Waals surface area contributed by atoms with E-state index in [0.717, 1.165) is 16.8 Å². The number of carbonyl (C=O) groups excluding carboxylic acids is 2. The normalized spacial score (nSPS) is 10.2. The molecular weight excluding hydrogens is 306 g/mol. The quantitative estimate of drug-likeness (QED) is 0.824. The molecule has 1 amide bonds. The summed E-state index contributed by atoms with van der Waals surface area (Å²) < 4.78 is 10.7. The maximum atomic E-state index is 12.2. The number of anilines is 1. The maximum Gasteiger partial charge on any atom is 0.262 e. The highest BCUT2D eigenvalue weighted by Crippen LogP contribution is 2.25. The summed E-state index contributed by atoms with van der Waals surface area (Å²) in [6, 6.07) is 10.7. The molecule has 0 unspecified atom stereocenters. The number of amides is 1. The van der Waals surface area contributed by atoms with E-state index >= 15 is 0 Å². The molecule has 2 aromatic rings. The molecule has 0 heterocycles. The minimum atomic E-state index is -0.287. The van der Waals surface area contributed by atoms with Gasteiger partial charge in [-0.15, -0.1) is 0 Å². The van der Waals surface area contributed by atoms with Crippen molar-refractivity contribution in [3.8, 4) is 11.5 Å². The molecule has 24 heavy (non-hydrogen) atoms. The van der Waals surface area contributed by atoms with Crippen molar-refractivity contribution in [3.63, 3.8) is 0 Å². The van der Waals surface area contributed by atoms with Crippen LogP contribution in [0.4, 0.5) is 5.69 Å². The van der Waals surface area contributed by atoms with Crippen LogP contribution < -0.4 is 14.8 Å². The summed E-state index contributed by atoms with van der Waals surface area (Å²) in [5, 5.41) is 2.85. The molecule has 0 spiro atoms. The summed E-state index contributed by atoms with van der Waals surface area (Å²) in [6.07, 6.45) is 0. The number of rotatable bonds is 6. The van der Waals surface area contributed by atoms with Gasteiger partial charge in [0.15, 0.2) is 12.4 Å². The zero-order valence-corrected chi connectivity index (χ0v) is 14.3. The molecule has 1 N–H and O–H groups in total. The third kappa shape index (κ3) is 4.13. The third-order valence-electron chi connectivity index (χ3n) is 3.67. The van der Waals surface area contributed by atoms with Crippen molar-refractivity contribution < 1.29 is 19.1 Å². The first-order chi connectivity index (χ1) is 11.4. The van der Waals surface area contributed by atoms with Crippen LogP contribution in [0.1, 0.15) is 28.4 Å². The number of methoxy groups -OCH3 is 1. The van der Waals surface area contributed by atoms with E-state index in [2.05, 4.69) is 5.32 Å². The van der Waals surface area contributed by atoms with E-state index in [1.54, 1.807) is 18.2 Å². The molecule has 126 valence electrons. The molecule has 2 rings (SSSR count). The Morgan fingerprint density at radius 1 is 1.08 bits per heavy atom. The van der Waals surface area contributed by atoms with Crippen LogP contribution >= 0.6 is 0 Å². The van der Waals surface area contributed by atoms with Gasteiger partial charge in [-0.05, 0) is 44.0 Å². The number of aryl methyl sites for hydroxylation is 2. The molecule has 5 heteroatoms. The van der Waals surface area contributed by atoms with Gasteiger partial charge in [-0.25, -0.2) is 0 Å². The number of Topliss-reactive ketones (excluding diaryl/α,β-unsaturated/α-hetero) is 1. The first-order valence-corrected chi connectivity index (χ1v) is 7.60. The number of hydrogen-bond donors (Lipinski definition) is 1. The molecule has 0 aliphatic carbocycles. The van der Waals surface area contributed by atoms with Crippen LogP contribution in [0, 0.1) is 13.8 Å². The second-order valence-corrected chi connectivity index (χ2v) is 5.52. The summed E-state index contributed by atoms with van der Waals surface area (Å²) in [7, 11) is 1.53. The van der Waals surface area contributed by atoms with E-state index in [4.69, 9.17) is 9.47 Å². The van der Waals surface area contributed by atoms with Gasteiger partial charge in [-0.1, -0.05) is 18.2 Å². The number of carbonyl (C=O) groups is 2. The van der Waals surface area contributed by atoms with Gasteiger partial charge in [0.2, 0.25) is 0 Å². The lowest BCUT2D eigenvalue weighted by molar-refractivity contribution is -0.118. The SMILES string of the molecule is COc1ccc(C(C)=O)c(OCC(=O)Nc2c(C)cccc2C)c1. The smallest absolute Gasteiger partial charge is 0.262 e. The van der Waals surface area contributed by atoms with Crippen molar-refractivity contribution >= 4 is 17.4 Å². The van der Waals surface area contributed by atoms with Gasteiger partial charge >= 0.3 is 0 Å². The molecule has 0 aromatic heterocycles. The Hall–Kier alpha value is -2.82. The lowest BCUT2D eigenvalue weighted by Crippen LogP contribution is -2.21. The van der Waals surface area contributed by atoms with E-state index in [0.29, 0.717) is 17.1 Å². The second kappa shape index (κ2) is 7.64. The zero-order valence-electron chi connectivity index (χ0n) is 14.3. The van der Waals surface area contributed by atoms with Crippen LogP contribution in [0.15, 0.2) is 36.4 Å². The summed E-state index contributed by atoms with van der Waals surface area (Å²) in [5.41, 5.74) is 3.16. The fraction of sp³-hybridized carbons (Fsp3) is 0.263. The Bertz CT molecular complexity index is 748. The number of ether oxygens (including phenoxy) is 2. The fourth-order valence-corrected chi connectivity index (χ4v) is 2.37. The van der Waals surface area contributed by atoms with Gasteiger partial charge in [-0.2, -0.15) is 0 Å². The average Bonchev–Trinajstić information content (AvgIpc) is 2.56. The number of hydrogen-bond acceptors (Lipinski definition) is 4. The standard InChI is InChI=1S/C19H21NO4/c1-12-6-5-7-13(2)19(12)20-18(22)11-24-17-10-15(23-4)8-9-16(17)14(3)21/h5-10H,11H2,1-4H3,(H,20,22). The lowest BCUT2D eigenvalue weighted by Gasteiger charge is -2.13. The van der Waals surface area contributed by atoms with Gasteiger partial charge in [-0.3, -0.25) is 9.59 Å². The summed E-state index contributed by atoms with van der Waals surface area (Å²) in [4.78, 5) is 23.8. The Morgan fingerprint density at radius 3 is 2.33 bits per heavy atom. The van der Waals surface area contributed by atoms with Crippen LogP contribution in [-0.4, -0.2) is 25.4 Å². The highest BCUT2D eigenvalue weighted by Gasteiger charge is 2.13. The summed E-state index contributed by atoms with van der Waals surface area (Å²) in [6.45, 7) is 5.12. The lowest BCUT2D eigenvalue weighted by atomic mass is 10.1. The zero-order chi connectivity index (χ0) is 17.7. The maximum absolute atomic E-state index is 12.2. The van der Waals surface area contributed by atoms with E-state index in [1.165, 1.54) is 14.0 Å². The Balaban J connectivity index is 2.10. The molecule has 0 fully saturated rings. The van der Waals surface area contributed by atoms with Gasteiger partial charge in [0, 0.05) is 11.8 Å². The third-order valence-corrected chi connectivity index (χ3v) is 3.67. The van der Waals surface area contributed by atoms with Crippen molar-refractivity contribution in [2.45, 2.75) is 20.8 Å². The predicted octanol–water partition coefficient (Wildman–Crippen LogP) is 3.53. The highest BCUT2D eigenvalue weighted by atomic mass is 16.5. The topological polar surface area (TPSA) is 64.6 Å². The molecular formula is C19H21NO4. The van der Waals surface area contributed by atoms with Crippen LogP contribution in [0.2, 0.25) is 0 Å². The fourth-order valence-electron chi connectivity index (χ4n) is 2.37. The van der Waals surface area contributed by atoms with Crippen molar-refractivity contribution in [1.29, 1.82) is 0 Å². The van der Waals surface area contributed by atoms with E-state index in [-0.39, 0.29) is 18.3 Å². The molecule has 0 saturated heterocycles. The molecule has 0 aliphatic heterocycles. The highest BCUT2D eigenvalue weighted by molar-refractivity contribution is 5.97. The Morgan fingerprint density at radius 2 is 1.75 bits per heavy atom. The molecule has 5 nitrogen and oxygen atoms in total. The summed E-state index contributed by atoms with van der Waals surface area (Å²) in [5.74, 6) is 0.469. The van der Waals surface area contributed by atoms with Crippen LogP contribution in [-0.2, 0) is 4.79 Å². The Labute approximate surface area is 141 Å². The largest absolute Gasteiger partial charge is 0.497 e. The number of para-hydroxylation sites is 1. The first-order valence-electron chi connectivity index (χ1n) is 7.60. The molecule has 0 bridgehead atoms. The van der Waals surface area contributed by atoms with E-state index in [1.807, 2.05) is 32.0 Å². The van der Waals surface area contributed by atoms with Crippen LogP contribution in [0.25, 0.3) is 0 Å². The molecule has 0 radical (unpaired) electrons. The Kier molecular flexibility index (Phi) is 5.58. The van der Waals surface area contributed by atoms with Crippen molar-refractivity contribution in [1.82, 2.24) is 0 Å². The van der Waals surface area contributed by atoms with Crippen LogP contribution in [0.3, 0.4) is 0 Å². The molecule has 0 aliphatic rings. The van der Waals surface area contributed by atoms with Crippen LogP contribution in [0.5, 0.6) is 11.5 Å². The van der Waals surface area contributed by atoms with Crippen molar-refractivity contribution in [3.05, 3.63) is 53.1 Å². The van der Waals surface area contributed by atoms with Crippen molar-refractivity contribution in [2.24, 2.45) is 0 Å². The second-order valence-electron chi connectivity index (χ2n) is 5.52. The first kappa shape index (κ1) is 17.5. The van der Waals surface area contributed by atoms with Gasteiger partial charge in [0.05, 0.1) is 12.7 Å². The number of benzene rings is 2.